The molecule has 7 nitrogen and oxygen atoms in total. The third-order valence-corrected chi connectivity index (χ3v) is 9.57. The van der Waals surface area contributed by atoms with Gasteiger partial charge < -0.3 is 4.74 Å². The molecule has 1 aromatic carbocycles. The maximum absolute atomic E-state index is 13.8. The third kappa shape index (κ3) is 4.23. The average molecular weight is 494 g/mol. The summed E-state index contributed by atoms with van der Waals surface area (Å²) in [6, 6.07) is 8.55. The molecule has 0 radical (unpaired) electrons. The maximum Gasteiger partial charge on any atom is 0.332 e. The maximum atomic E-state index is 13.8. The Hall–Kier alpha value is -2.41. The Morgan fingerprint density at radius 3 is 2.22 bits per heavy atom. The second-order valence-electron chi connectivity index (χ2n) is 11.7. The molecule has 2 saturated heterocycles. The van der Waals surface area contributed by atoms with E-state index in [0.29, 0.717) is 29.0 Å². The lowest BCUT2D eigenvalue weighted by molar-refractivity contribution is -0.143. The summed E-state index contributed by atoms with van der Waals surface area (Å²) in [4.78, 5) is 42.7. The van der Waals surface area contributed by atoms with E-state index in [0.717, 1.165) is 37.5 Å². The van der Waals surface area contributed by atoms with Crippen molar-refractivity contribution in [1.82, 2.24) is 14.0 Å². The number of rotatable bonds is 5. The van der Waals surface area contributed by atoms with Crippen LogP contribution in [-0.2, 0) is 16.1 Å². The number of ether oxygens (including phenoxy) is 1. The molecule has 7 heteroatoms. The molecule has 6 rings (SSSR count). The van der Waals surface area contributed by atoms with Crippen LogP contribution in [0.3, 0.4) is 0 Å². The molecular formula is C29H39N3O4. The first-order valence-corrected chi connectivity index (χ1v) is 14.2. The van der Waals surface area contributed by atoms with Crippen molar-refractivity contribution in [3.63, 3.8) is 0 Å². The summed E-state index contributed by atoms with van der Waals surface area (Å²) in [5, 5.41) is 0.495. The molecular weight excluding hydrogens is 454 g/mol. The molecule has 2 aliphatic heterocycles. The van der Waals surface area contributed by atoms with Crippen molar-refractivity contribution in [2.75, 3.05) is 6.61 Å². The molecule has 0 N–H and O–H groups in total. The van der Waals surface area contributed by atoms with Gasteiger partial charge in [0, 0.05) is 24.2 Å². The molecule has 36 heavy (non-hydrogen) atoms. The van der Waals surface area contributed by atoms with E-state index in [1.165, 1.54) is 54.1 Å². The minimum absolute atomic E-state index is 0.127. The summed E-state index contributed by atoms with van der Waals surface area (Å²) in [7, 11) is 0. The number of aromatic nitrogens is 2. The van der Waals surface area contributed by atoms with E-state index in [2.05, 4.69) is 4.90 Å². The smallest absolute Gasteiger partial charge is 0.332 e. The number of carbonyl (C=O) groups excluding carboxylic acids is 1. The minimum atomic E-state index is -0.454. The normalized spacial score (nSPS) is 32.4. The van der Waals surface area contributed by atoms with Crippen LogP contribution in [0.4, 0.5) is 0 Å². The SMILES string of the molecule is CCOC(=O)Cn1c(=O)n([C@H]2C[C@H]3CCC[C@@H](C2)N3C2C[C@H]3CCC[C@@H](C2)C3)c(=O)c2ccccc21. The molecule has 4 aliphatic rings. The molecule has 6 atom stereocenters. The Morgan fingerprint density at radius 2 is 1.53 bits per heavy atom. The third-order valence-electron chi connectivity index (χ3n) is 9.57. The zero-order valence-electron chi connectivity index (χ0n) is 21.4. The van der Waals surface area contributed by atoms with Gasteiger partial charge in [0.25, 0.3) is 5.56 Å². The molecule has 1 unspecified atom stereocenters. The Bertz CT molecular complexity index is 1220. The van der Waals surface area contributed by atoms with Crippen LogP contribution >= 0.6 is 0 Å². The number of fused-ring (bicyclic) bond motifs is 5. The zero-order chi connectivity index (χ0) is 24.8. The van der Waals surface area contributed by atoms with E-state index >= 15 is 0 Å². The van der Waals surface area contributed by atoms with Crippen LogP contribution < -0.4 is 11.2 Å². The van der Waals surface area contributed by atoms with Crippen LogP contribution in [0.5, 0.6) is 0 Å². The predicted octanol–water partition coefficient (Wildman–Crippen LogP) is 4.25. The van der Waals surface area contributed by atoms with Crippen molar-refractivity contribution in [1.29, 1.82) is 0 Å². The van der Waals surface area contributed by atoms with E-state index in [1.54, 1.807) is 25.1 Å². The molecule has 0 amide bonds. The first kappa shape index (κ1) is 24.0. The predicted molar refractivity (Wildman–Crippen MR) is 139 cm³/mol. The lowest BCUT2D eigenvalue weighted by Gasteiger charge is -2.55. The first-order chi connectivity index (χ1) is 17.5. The van der Waals surface area contributed by atoms with Gasteiger partial charge in [-0.3, -0.25) is 23.6 Å². The highest BCUT2D eigenvalue weighted by atomic mass is 16.5. The monoisotopic (exact) mass is 493 g/mol. The quantitative estimate of drug-likeness (QED) is 0.582. The summed E-state index contributed by atoms with van der Waals surface area (Å²) >= 11 is 0. The van der Waals surface area contributed by atoms with Crippen molar-refractivity contribution in [2.45, 2.75) is 108 Å². The summed E-state index contributed by atoms with van der Waals surface area (Å²) in [6.45, 7) is 1.84. The molecule has 2 aromatic rings. The van der Waals surface area contributed by atoms with E-state index in [9.17, 15) is 14.4 Å². The highest BCUT2D eigenvalue weighted by Crippen LogP contribution is 2.47. The van der Waals surface area contributed by atoms with Gasteiger partial charge in [-0.1, -0.05) is 37.8 Å². The van der Waals surface area contributed by atoms with Crippen molar-refractivity contribution in [2.24, 2.45) is 11.8 Å². The van der Waals surface area contributed by atoms with E-state index in [1.807, 2.05) is 6.07 Å². The second kappa shape index (κ2) is 9.81. The van der Waals surface area contributed by atoms with Crippen molar-refractivity contribution >= 4 is 16.9 Å². The van der Waals surface area contributed by atoms with Gasteiger partial charge in [0.15, 0.2) is 0 Å². The number of hydrogen-bond donors (Lipinski definition) is 0. The minimum Gasteiger partial charge on any atom is -0.465 e. The van der Waals surface area contributed by atoms with Crippen LogP contribution in [0.2, 0.25) is 0 Å². The largest absolute Gasteiger partial charge is 0.465 e. The van der Waals surface area contributed by atoms with Gasteiger partial charge in [-0.15, -0.1) is 0 Å². The van der Waals surface area contributed by atoms with Gasteiger partial charge in [0.1, 0.15) is 6.54 Å². The Kier molecular flexibility index (Phi) is 6.53. The van der Waals surface area contributed by atoms with Gasteiger partial charge >= 0.3 is 11.7 Å². The number of carbonyl (C=O) groups is 1. The van der Waals surface area contributed by atoms with Crippen molar-refractivity contribution in [3.05, 3.63) is 45.1 Å². The van der Waals surface area contributed by atoms with Crippen molar-refractivity contribution in [3.8, 4) is 0 Å². The number of esters is 1. The highest BCUT2D eigenvalue weighted by molar-refractivity contribution is 5.80. The molecule has 0 spiro atoms. The number of hydrogen-bond acceptors (Lipinski definition) is 5. The van der Waals surface area contributed by atoms with Crippen LogP contribution in [-0.4, -0.2) is 44.7 Å². The molecule has 4 fully saturated rings. The molecule has 194 valence electrons. The topological polar surface area (TPSA) is 73.5 Å². The van der Waals surface area contributed by atoms with Crippen LogP contribution in [0.1, 0.15) is 83.6 Å². The van der Waals surface area contributed by atoms with Gasteiger partial charge in [0.05, 0.1) is 17.5 Å². The summed E-state index contributed by atoms with van der Waals surface area (Å²) in [6.07, 6.45) is 13.5. The summed E-state index contributed by atoms with van der Waals surface area (Å²) in [5.41, 5.74) is -0.0990. The number of nitrogens with zero attached hydrogens (tertiary/aromatic N) is 3. The first-order valence-electron chi connectivity index (χ1n) is 14.2. The van der Waals surface area contributed by atoms with E-state index in [4.69, 9.17) is 4.74 Å². The van der Waals surface area contributed by atoms with E-state index < -0.39 is 5.97 Å². The standard InChI is InChI=1S/C29H39N3O4/c1-2-36-27(33)18-30-26-12-4-3-11-25(26)28(34)32(29(30)35)24-16-21-9-6-10-22(17-24)31(21)23-14-19-7-5-8-20(13-19)15-23/h3-4,11-12,19-24H,2,5-10,13-18H2,1H3/t19-,20+,21-,22+,23?,24+. The van der Waals surface area contributed by atoms with Gasteiger partial charge in [-0.2, -0.15) is 0 Å². The Morgan fingerprint density at radius 1 is 0.861 bits per heavy atom. The Labute approximate surface area is 212 Å². The zero-order valence-corrected chi connectivity index (χ0v) is 21.4. The fourth-order valence-electron chi connectivity index (χ4n) is 8.29. The number of piperidine rings is 2. The van der Waals surface area contributed by atoms with Crippen LogP contribution in [0.25, 0.3) is 10.9 Å². The van der Waals surface area contributed by atoms with E-state index in [-0.39, 0.29) is 30.4 Å². The lowest BCUT2D eigenvalue weighted by atomic mass is 9.68. The lowest BCUT2D eigenvalue weighted by Crippen LogP contribution is -2.59. The molecule has 2 aliphatic carbocycles. The Balaban J connectivity index is 1.34. The van der Waals surface area contributed by atoms with Gasteiger partial charge in [-0.05, 0) is 75.8 Å². The number of para-hydroxylation sites is 1. The summed E-state index contributed by atoms with van der Waals surface area (Å²) in [5.74, 6) is 1.32. The highest BCUT2D eigenvalue weighted by Gasteiger charge is 2.45. The molecule has 1 aromatic heterocycles. The second-order valence-corrected chi connectivity index (χ2v) is 11.7. The van der Waals surface area contributed by atoms with Gasteiger partial charge in [-0.25, -0.2) is 4.79 Å². The summed E-state index contributed by atoms with van der Waals surface area (Å²) < 4.78 is 8.08. The fraction of sp³-hybridized carbons (Fsp3) is 0.690. The average Bonchev–Trinajstić information content (AvgIpc) is 2.86. The molecule has 2 saturated carbocycles. The molecule has 4 bridgehead atoms. The van der Waals surface area contributed by atoms with Crippen LogP contribution in [0.15, 0.2) is 33.9 Å². The van der Waals surface area contributed by atoms with Gasteiger partial charge in [0.2, 0.25) is 0 Å². The number of benzene rings is 1. The fourth-order valence-corrected chi connectivity index (χ4v) is 8.29. The molecule has 3 heterocycles. The van der Waals surface area contributed by atoms with Crippen LogP contribution in [0, 0.1) is 11.8 Å². The van der Waals surface area contributed by atoms with Crippen molar-refractivity contribution < 1.29 is 9.53 Å².